The highest BCUT2D eigenvalue weighted by Gasteiger charge is 2.24. The van der Waals surface area contributed by atoms with E-state index in [4.69, 9.17) is 9.47 Å². The van der Waals surface area contributed by atoms with Gasteiger partial charge in [0.1, 0.15) is 0 Å². The molecule has 0 amide bonds. The van der Waals surface area contributed by atoms with Crippen molar-refractivity contribution in [2.45, 2.75) is 19.8 Å². The lowest BCUT2D eigenvalue weighted by Gasteiger charge is -2.30. The van der Waals surface area contributed by atoms with Crippen molar-refractivity contribution < 1.29 is 9.47 Å². The van der Waals surface area contributed by atoms with Crippen LogP contribution in [0.2, 0.25) is 0 Å². The zero-order valence-corrected chi connectivity index (χ0v) is 10.3. The predicted molar refractivity (Wildman–Crippen MR) is 58.1 cm³/mol. The van der Waals surface area contributed by atoms with Gasteiger partial charge in [0.05, 0.1) is 0 Å². The molecule has 4 heteroatoms. The van der Waals surface area contributed by atoms with Crippen LogP contribution in [0.25, 0.3) is 0 Å². The number of hydrogen-bond acceptors (Lipinski definition) is 3. The minimum Gasteiger partial charge on any atom is -0.358 e. The molecule has 1 unspecified atom stereocenters. The number of hydrogen-bond donors (Lipinski definition) is 0. The summed E-state index contributed by atoms with van der Waals surface area (Å²) in [6, 6.07) is 0. The maximum atomic E-state index is 5.26. The van der Waals surface area contributed by atoms with E-state index in [-0.39, 0.29) is 5.91 Å². The van der Waals surface area contributed by atoms with E-state index in [1.807, 2.05) is 5.70 Å². The van der Waals surface area contributed by atoms with Crippen LogP contribution in [-0.2, 0) is 9.47 Å². The highest BCUT2D eigenvalue weighted by atomic mass is 28.3. The van der Waals surface area contributed by atoms with Gasteiger partial charge in [0.15, 0.2) is 5.91 Å². The second-order valence-corrected chi connectivity index (χ2v) is 5.51. The minimum absolute atomic E-state index is 0.0857. The van der Waals surface area contributed by atoms with E-state index in [9.17, 15) is 0 Å². The molecule has 0 aromatic rings. The summed E-state index contributed by atoms with van der Waals surface area (Å²) in [6.07, 6.45) is 0. The quantitative estimate of drug-likeness (QED) is 0.454. The van der Waals surface area contributed by atoms with E-state index < -0.39 is 8.96 Å². The Morgan fingerprint density at radius 3 is 2.00 bits per heavy atom. The largest absolute Gasteiger partial charge is 0.358 e. The fraction of sp³-hybridized carbons (Fsp3) is 0.778. The van der Waals surface area contributed by atoms with Gasteiger partial charge < -0.3 is 14.0 Å². The normalized spacial score (nSPS) is 13.7. The van der Waals surface area contributed by atoms with Crippen molar-refractivity contribution in [3.05, 3.63) is 12.3 Å². The molecule has 0 heterocycles. The molecule has 0 aliphatic carbocycles. The molecular weight excluding hydrogens is 182 g/mol. The Morgan fingerprint density at radius 1 is 1.31 bits per heavy atom. The van der Waals surface area contributed by atoms with Crippen LogP contribution in [0.3, 0.4) is 0 Å². The summed E-state index contributed by atoms with van der Waals surface area (Å²) in [5.41, 5.74) is 2.00. The molecule has 78 valence electrons. The fourth-order valence-electron chi connectivity index (χ4n) is 1.45. The predicted octanol–water partition coefficient (Wildman–Crippen LogP) is 0.935. The van der Waals surface area contributed by atoms with Crippen LogP contribution in [0.5, 0.6) is 0 Å². The summed E-state index contributed by atoms with van der Waals surface area (Å²) in [7, 11) is 2.07. The van der Waals surface area contributed by atoms with Crippen LogP contribution < -0.4 is 0 Å². The van der Waals surface area contributed by atoms with Gasteiger partial charge in [-0.3, -0.25) is 0 Å². The second kappa shape index (κ2) is 7.26. The van der Waals surface area contributed by atoms with Crippen LogP contribution in [0.4, 0.5) is 0 Å². The summed E-state index contributed by atoms with van der Waals surface area (Å²) in [5, 5.41) is 0. The van der Waals surface area contributed by atoms with Crippen LogP contribution in [0, 0.1) is 0 Å². The molecule has 3 nitrogen and oxygen atoms in total. The molecular formula is C9H21NO2Si. The molecule has 0 aromatic heterocycles. The Hall–Kier alpha value is -0.163. The first kappa shape index (κ1) is 12.8. The van der Waals surface area contributed by atoms with Crippen LogP contribution in [-0.4, -0.2) is 46.7 Å². The van der Waals surface area contributed by atoms with Crippen LogP contribution in [0.1, 0.15) is 13.8 Å². The Morgan fingerprint density at radius 2 is 1.77 bits per heavy atom. The van der Waals surface area contributed by atoms with Gasteiger partial charge in [-0.15, -0.1) is 6.58 Å². The summed E-state index contributed by atoms with van der Waals surface area (Å²) in [5.74, 6) is -0.0857. The van der Waals surface area contributed by atoms with Gasteiger partial charge >= 0.3 is 0 Å². The average Bonchev–Trinajstić information content (AvgIpc) is 2.18. The van der Waals surface area contributed by atoms with Crippen molar-refractivity contribution >= 4 is 8.96 Å². The first-order valence-electron chi connectivity index (χ1n) is 4.67. The Balaban J connectivity index is 4.34. The molecule has 0 aliphatic heterocycles. The monoisotopic (exact) mass is 203 g/mol. The van der Waals surface area contributed by atoms with Crippen LogP contribution in [0.15, 0.2) is 12.3 Å². The maximum absolute atomic E-state index is 5.26. The van der Waals surface area contributed by atoms with E-state index in [0.717, 1.165) is 13.1 Å². The highest BCUT2D eigenvalue weighted by Crippen LogP contribution is 2.05. The molecule has 0 saturated heterocycles. The average molecular weight is 203 g/mol. The van der Waals surface area contributed by atoms with Crippen molar-refractivity contribution in [1.82, 2.24) is 4.57 Å². The lowest BCUT2D eigenvalue weighted by atomic mass is 10.7. The van der Waals surface area contributed by atoms with Gasteiger partial charge in [-0.2, -0.15) is 0 Å². The van der Waals surface area contributed by atoms with Crippen molar-refractivity contribution in [2.75, 3.05) is 27.3 Å². The Labute approximate surface area is 83.0 Å². The minimum atomic E-state index is -1.29. The SMILES string of the molecule is C=C[SiH](C(OC)OC)N(CC)CC. The first-order valence-corrected chi connectivity index (χ1v) is 6.52. The van der Waals surface area contributed by atoms with Gasteiger partial charge in [-0.05, 0) is 13.1 Å². The smallest absolute Gasteiger partial charge is 0.200 e. The molecule has 0 saturated carbocycles. The lowest BCUT2D eigenvalue weighted by Crippen LogP contribution is -2.48. The van der Waals surface area contributed by atoms with Crippen molar-refractivity contribution in [3.8, 4) is 0 Å². The van der Waals surface area contributed by atoms with E-state index in [2.05, 4.69) is 25.0 Å². The Bertz CT molecular complexity index is 124. The molecule has 0 aromatic carbocycles. The second-order valence-electron chi connectivity index (χ2n) is 2.79. The summed E-state index contributed by atoms with van der Waals surface area (Å²) < 4.78 is 12.9. The Kier molecular flexibility index (Phi) is 7.17. The number of rotatable bonds is 7. The fourth-order valence-corrected chi connectivity index (χ4v) is 3.72. The topological polar surface area (TPSA) is 21.7 Å². The lowest BCUT2D eigenvalue weighted by molar-refractivity contribution is -0.0508. The maximum Gasteiger partial charge on any atom is 0.200 e. The van der Waals surface area contributed by atoms with E-state index in [1.54, 1.807) is 14.2 Å². The van der Waals surface area contributed by atoms with E-state index in [1.165, 1.54) is 0 Å². The van der Waals surface area contributed by atoms with Gasteiger partial charge in [-0.25, -0.2) is 0 Å². The molecule has 0 spiro atoms. The van der Waals surface area contributed by atoms with Crippen molar-refractivity contribution in [1.29, 1.82) is 0 Å². The third kappa shape index (κ3) is 3.60. The number of nitrogens with zero attached hydrogens (tertiary/aromatic N) is 1. The first-order chi connectivity index (χ1) is 6.24. The zero-order chi connectivity index (χ0) is 10.3. The molecule has 0 aliphatic rings. The van der Waals surface area contributed by atoms with Crippen LogP contribution >= 0.6 is 0 Å². The molecule has 0 bridgehead atoms. The van der Waals surface area contributed by atoms with Crippen molar-refractivity contribution in [3.63, 3.8) is 0 Å². The van der Waals surface area contributed by atoms with Gasteiger partial charge in [-0.1, -0.05) is 19.5 Å². The number of methoxy groups -OCH3 is 2. The molecule has 1 atom stereocenters. The third-order valence-electron chi connectivity index (χ3n) is 2.22. The summed E-state index contributed by atoms with van der Waals surface area (Å²) in [4.78, 5) is 0. The standard InChI is InChI=1S/C9H21NO2Si/c1-6-10(7-2)13(8-3)9(11-4)12-5/h8-9,13H,3,6-7H2,1-2,4-5H3. The summed E-state index contributed by atoms with van der Waals surface area (Å²) >= 11 is 0. The number of ether oxygens (including phenoxy) is 2. The zero-order valence-electron chi connectivity index (χ0n) is 9.12. The van der Waals surface area contributed by atoms with E-state index in [0.29, 0.717) is 0 Å². The summed E-state index contributed by atoms with van der Waals surface area (Å²) in [6.45, 7) is 10.2. The van der Waals surface area contributed by atoms with E-state index >= 15 is 0 Å². The third-order valence-corrected chi connectivity index (χ3v) is 5.38. The van der Waals surface area contributed by atoms with Gasteiger partial charge in [0.2, 0.25) is 8.96 Å². The van der Waals surface area contributed by atoms with Gasteiger partial charge in [0, 0.05) is 14.2 Å². The van der Waals surface area contributed by atoms with Crippen molar-refractivity contribution in [2.24, 2.45) is 0 Å². The molecule has 13 heavy (non-hydrogen) atoms. The molecule has 0 rings (SSSR count). The molecule has 0 N–H and O–H groups in total. The highest BCUT2D eigenvalue weighted by molar-refractivity contribution is 6.62. The molecule has 0 radical (unpaired) electrons. The van der Waals surface area contributed by atoms with Gasteiger partial charge in [0.25, 0.3) is 0 Å². The molecule has 0 fully saturated rings.